The molecular weight excluding hydrogens is 194 g/mol. The topological polar surface area (TPSA) is 66.3 Å². The smallest absolute Gasteiger partial charge is 0.323 e. The highest BCUT2D eigenvalue weighted by Gasteiger charge is 2.09. The number of nitrogens with zero attached hydrogens (tertiary/aromatic N) is 3. The number of aliphatic carboxylic acids is 1. The normalized spacial score (nSPS) is 10.4. The lowest BCUT2D eigenvalue weighted by atomic mass is 10.2. The van der Waals surface area contributed by atoms with Gasteiger partial charge >= 0.3 is 5.97 Å². The summed E-state index contributed by atoms with van der Waals surface area (Å²) in [5.74, 6) is 0.728. The Kier molecular flexibility index (Phi) is 3.60. The second-order valence-electron chi connectivity index (χ2n) is 3.68. The molecule has 0 aromatic carbocycles. The zero-order valence-electron chi connectivity index (χ0n) is 9.14. The van der Waals surface area contributed by atoms with E-state index in [9.17, 15) is 4.79 Å². The van der Waals surface area contributed by atoms with Gasteiger partial charge in [0.1, 0.15) is 18.2 Å². The molecule has 1 aromatic rings. The Bertz CT molecular complexity index is 352. The minimum atomic E-state index is -0.873. The zero-order valence-corrected chi connectivity index (χ0v) is 9.14. The molecule has 1 aromatic heterocycles. The van der Waals surface area contributed by atoms with Crippen LogP contribution in [0.3, 0.4) is 0 Å². The summed E-state index contributed by atoms with van der Waals surface area (Å²) in [6.45, 7) is 3.93. The molecule has 0 radical (unpaired) electrons. The summed E-state index contributed by atoms with van der Waals surface area (Å²) < 4.78 is 0. The van der Waals surface area contributed by atoms with Crippen LogP contribution in [0.5, 0.6) is 0 Å². The van der Waals surface area contributed by atoms with Gasteiger partial charge in [-0.25, -0.2) is 9.97 Å². The molecule has 5 nitrogen and oxygen atoms in total. The van der Waals surface area contributed by atoms with Gasteiger partial charge in [-0.05, 0) is 6.07 Å². The zero-order chi connectivity index (χ0) is 11.4. The maximum atomic E-state index is 10.5. The van der Waals surface area contributed by atoms with Crippen molar-refractivity contribution in [1.82, 2.24) is 9.97 Å². The molecule has 0 aliphatic rings. The molecule has 1 N–H and O–H groups in total. The minimum absolute atomic E-state index is 0.0610. The summed E-state index contributed by atoms with van der Waals surface area (Å²) in [6.07, 6.45) is 1.65. The lowest BCUT2D eigenvalue weighted by Crippen LogP contribution is -2.26. The fraction of sp³-hybridized carbons (Fsp3) is 0.500. The average Bonchev–Trinajstić information content (AvgIpc) is 2.17. The van der Waals surface area contributed by atoms with Gasteiger partial charge in [0.25, 0.3) is 0 Å². The number of hydrogen-bond acceptors (Lipinski definition) is 4. The lowest BCUT2D eigenvalue weighted by Gasteiger charge is -2.16. The molecule has 0 spiro atoms. The third-order valence-electron chi connectivity index (χ3n) is 1.94. The predicted octanol–water partition coefficient (Wildman–Crippen LogP) is 1.12. The van der Waals surface area contributed by atoms with Crippen molar-refractivity contribution in [2.75, 3.05) is 18.5 Å². The number of carbonyl (C=O) groups is 1. The third-order valence-corrected chi connectivity index (χ3v) is 1.94. The summed E-state index contributed by atoms with van der Waals surface area (Å²) in [5, 5.41) is 8.64. The molecule has 1 rings (SSSR count). The van der Waals surface area contributed by atoms with Crippen molar-refractivity contribution in [1.29, 1.82) is 0 Å². The van der Waals surface area contributed by atoms with Crippen LogP contribution in [0.1, 0.15) is 25.6 Å². The van der Waals surface area contributed by atoms with Crippen LogP contribution in [0.4, 0.5) is 5.82 Å². The molecule has 0 aliphatic heterocycles. The van der Waals surface area contributed by atoms with Crippen LogP contribution in [0.25, 0.3) is 0 Å². The second-order valence-corrected chi connectivity index (χ2v) is 3.68. The quantitative estimate of drug-likeness (QED) is 0.804. The molecule has 1 heterocycles. The Balaban J connectivity index is 2.85. The number of rotatable bonds is 4. The van der Waals surface area contributed by atoms with Crippen molar-refractivity contribution in [2.24, 2.45) is 0 Å². The monoisotopic (exact) mass is 209 g/mol. The number of carboxylic acid groups (broad SMARTS) is 1. The Morgan fingerprint density at radius 1 is 1.60 bits per heavy atom. The average molecular weight is 209 g/mol. The summed E-state index contributed by atoms with van der Waals surface area (Å²) in [4.78, 5) is 20.5. The van der Waals surface area contributed by atoms with E-state index in [0.29, 0.717) is 5.82 Å². The predicted molar refractivity (Wildman–Crippen MR) is 57.0 cm³/mol. The van der Waals surface area contributed by atoms with Gasteiger partial charge in [-0.1, -0.05) is 13.8 Å². The maximum absolute atomic E-state index is 10.5. The molecule has 0 atom stereocenters. The van der Waals surface area contributed by atoms with E-state index in [0.717, 1.165) is 5.82 Å². The van der Waals surface area contributed by atoms with Crippen molar-refractivity contribution in [2.45, 2.75) is 19.8 Å². The first kappa shape index (κ1) is 11.4. The Morgan fingerprint density at radius 3 is 2.80 bits per heavy atom. The van der Waals surface area contributed by atoms with Crippen LogP contribution < -0.4 is 4.90 Å². The van der Waals surface area contributed by atoms with Crippen molar-refractivity contribution in [3.05, 3.63) is 18.1 Å². The van der Waals surface area contributed by atoms with Gasteiger partial charge in [-0.15, -0.1) is 0 Å². The van der Waals surface area contributed by atoms with Gasteiger partial charge in [0, 0.05) is 19.2 Å². The van der Waals surface area contributed by atoms with Gasteiger partial charge < -0.3 is 10.0 Å². The number of carboxylic acids is 1. The standard InChI is InChI=1S/C10H15N3O2/c1-7(2)10-11-5-4-8(12-10)13(3)6-9(14)15/h4-5,7H,6H2,1-3H3,(H,14,15). The number of anilines is 1. The number of likely N-dealkylation sites (N-methyl/N-ethyl adjacent to an activating group) is 1. The van der Waals surface area contributed by atoms with Crippen LogP contribution in [-0.4, -0.2) is 34.6 Å². The van der Waals surface area contributed by atoms with Gasteiger partial charge in [0.2, 0.25) is 0 Å². The highest BCUT2D eigenvalue weighted by Crippen LogP contribution is 2.13. The van der Waals surface area contributed by atoms with Crippen LogP contribution in [0, 0.1) is 0 Å². The van der Waals surface area contributed by atoms with Gasteiger partial charge in [0.15, 0.2) is 0 Å². The van der Waals surface area contributed by atoms with Crippen LogP contribution in [0.2, 0.25) is 0 Å². The van der Waals surface area contributed by atoms with E-state index in [1.165, 1.54) is 0 Å². The molecule has 15 heavy (non-hydrogen) atoms. The van der Waals surface area contributed by atoms with E-state index >= 15 is 0 Å². The molecule has 82 valence electrons. The third kappa shape index (κ3) is 3.19. The highest BCUT2D eigenvalue weighted by molar-refractivity contribution is 5.72. The fourth-order valence-electron chi connectivity index (χ4n) is 1.14. The fourth-order valence-corrected chi connectivity index (χ4v) is 1.14. The van der Waals surface area contributed by atoms with Crippen molar-refractivity contribution in [3.63, 3.8) is 0 Å². The molecular formula is C10H15N3O2. The molecule has 0 saturated carbocycles. The van der Waals surface area contributed by atoms with Crippen LogP contribution in [0.15, 0.2) is 12.3 Å². The Hall–Kier alpha value is -1.65. The van der Waals surface area contributed by atoms with Crippen molar-refractivity contribution >= 4 is 11.8 Å². The Morgan fingerprint density at radius 2 is 2.27 bits per heavy atom. The minimum Gasteiger partial charge on any atom is -0.480 e. The first-order valence-corrected chi connectivity index (χ1v) is 4.76. The Labute approximate surface area is 88.8 Å². The molecule has 0 fully saturated rings. The van der Waals surface area contributed by atoms with Crippen molar-refractivity contribution in [3.8, 4) is 0 Å². The summed E-state index contributed by atoms with van der Waals surface area (Å²) in [5.41, 5.74) is 0. The van der Waals surface area contributed by atoms with Crippen molar-refractivity contribution < 1.29 is 9.90 Å². The van der Waals surface area contributed by atoms with Gasteiger partial charge in [0.05, 0.1) is 0 Å². The number of hydrogen-bond donors (Lipinski definition) is 1. The molecule has 0 saturated heterocycles. The first-order chi connectivity index (χ1) is 7.00. The molecule has 0 bridgehead atoms. The van der Waals surface area contributed by atoms with E-state index in [4.69, 9.17) is 5.11 Å². The summed E-state index contributed by atoms with van der Waals surface area (Å²) in [7, 11) is 1.69. The summed E-state index contributed by atoms with van der Waals surface area (Å²) >= 11 is 0. The van der Waals surface area contributed by atoms with E-state index in [1.807, 2.05) is 13.8 Å². The SMILES string of the molecule is CC(C)c1nccc(N(C)CC(=O)O)n1. The second kappa shape index (κ2) is 4.72. The number of aromatic nitrogens is 2. The van der Waals surface area contributed by atoms with E-state index in [1.54, 1.807) is 24.2 Å². The van der Waals surface area contributed by atoms with E-state index < -0.39 is 5.97 Å². The van der Waals surface area contributed by atoms with Crippen LogP contribution in [-0.2, 0) is 4.79 Å². The van der Waals surface area contributed by atoms with Gasteiger partial charge in [-0.2, -0.15) is 0 Å². The highest BCUT2D eigenvalue weighted by atomic mass is 16.4. The molecule has 0 unspecified atom stereocenters. The maximum Gasteiger partial charge on any atom is 0.323 e. The molecule has 0 aliphatic carbocycles. The van der Waals surface area contributed by atoms with E-state index in [-0.39, 0.29) is 12.5 Å². The molecule has 5 heteroatoms. The van der Waals surface area contributed by atoms with Gasteiger partial charge in [-0.3, -0.25) is 4.79 Å². The van der Waals surface area contributed by atoms with Crippen LogP contribution >= 0.6 is 0 Å². The summed E-state index contributed by atoms with van der Waals surface area (Å²) in [6, 6.07) is 1.70. The lowest BCUT2D eigenvalue weighted by molar-refractivity contribution is -0.135. The first-order valence-electron chi connectivity index (χ1n) is 4.76. The van der Waals surface area contributed by atoms with E-state index in [2.05, 4.69) is 9.97 Å². The molecule has 0 amide bonds. The largest absolute Gasteiger partial charge is 0.480 e.